The minimum absolute atomic E-state index is 0.0180. The Hall–Kier alpha value is -4.79. The van der Waals surface area contributed by atoms with E-state index in [1.165, 1.54) is 0 Å². The maximum atomic E-state index is 14.4. The van der Waals surface area contributed by atoms with Crippen molar-refractivity contribution in [2.75, 3.05) is 6.61 Å². The lowest BCUT2D eigenvalue weighted by Crippen LogP contribution is -2.40. The Labute approximate surface area is 256 Å². The summed E-state index contributed by atoms with van der Waals surface area (Å²) in [5.41, 5.74) is 6.82. The van der Waals surface area contributed by atoms with Crippen molar-refractivity contribution in [3.63, 3.8) is 0 Å². The lowest BCUT2D eigenvalue weighted by molar-refractivity contribution is -0.150. The summed E-state index contributed by atoms with van der Waals surface area (Å²) in [6, 6.07) is 26.1. The highest BCUT2D eigenvalue weighted by Gasteiger charge is 2.37. The lowest BCUT2D eigenvalue weighted by atomic mass is 9.88. The summed E-state index contributed by atoms with van der Waals surface area (Å²) in [5.74, 6) is -0.129. The number of hydrogen-bond acceptors (Lipinski definition) is 6. The molecule has 5 aromatic rings. The number of carbonyl (C=O) groups is 1. The molecule has 9 heteroatoms. The molecule has 44 heavy (non-hydrogen) atoms. The van der Waals surface area contributed by atoms with E-state index in [9.17, 15) is 9.59 Å². The summed E-state index contributed by atoms with van der Waals surface area (Å²) in [4.78, 5) is 27.8. The number of ether oxygens (including phenoxy) is 1. The van der Waals surface area contributed by atoms with Crippen LogP contribution in [0.2, 0.25) is 0 Å². The van der Waals surface area contributed by atoms with Crippen molar-refractivity contribution in [1.82, 2.24) is 30.0 Å². The van der Waals surface area contributed by atoms with Crippen molar-refractivity contribution < 1.29 is 9.53 Å². The molecule has 2 atom stereocenters. The van der Waals surface area contributed by atoms with Gasteiger partial charge in [0.2, 0.25) is 0 Å². The fourth-order valence-electron chi connectivity index (χ4n) is 6.61. The van der Waals surface area contributed by atoms with Gasteiger partial charge in [-0.3, -0.25) is 14.3 Å². The zero-order valence-electron chi connectivity index (χ0n) is 25.3. The highest BCUT2D eigenvalue weighted by Crippen LogP contribution is 2.34. The largest absolute Gasteiger partial charge is 0.466 e. The van der Waals surface area contributed by atoms with Crippen LogP contribution in [0.1, 0.15) is 61.5 Å². The number of nitrogens with one attached hydrogen (secondary N) is 1. The van der Waals surface area contributed by atoms with Crippen molar-refractivity contribution in [1.29, 1.82) is 0 Å². The highest BCUT2D eigenvalue weighted by atomic mass is 16.5. The van der Waals surface area contributed by atoms with Gasteiger partial charge >= 0.3 is 5.97 Å². The molecule has 3 heterocycles. The Morgan fingerprint density at radius 3 is 2.48 bits per heavy atom. The van der Waals surface area contributed by atoms with E-state index in [1.54, 1.807) is 0 Å². The second kappa shape index (κ2) is 13.2. The average molecular weight is 591 g/mol. The first-order chi connectivity index (χ1) is 21.6. The first-order valence-corrected chi connectivity index (χ1v) is 15.5. The van der Waals surface area contributed by atoms with Gasteiger partial charge in [0.15, 0.2) is 5.82 Å². The van der Waals surface area contributed by atoms with Crippen LogP contribution < -0.4 is 5.56 Å². The molecule has 0 amide bonds. The molecule has 1 aliphatic heterocycles. The van der Waals surface area contributed by atoms with Gasteiger partial charge < -0.3 is 4.74 Å². The molecule has 1 N–H and O–H groups in total. The van der Waals surface area contributed by atoms with Gasteiger partial charge in [-0.25, -0.2) is 9.78 Å². The van der Waals surface area contributed by atoms with E-state index in [0.29, 0.717) is 25.3 Å². The van der Waals surface area contributed by atoms with Gasteiger partial charge in [0, 0.05) is 29.8 Å². The monoisotopic (exact) mass is 590 g/mol. The average Bonchev–Trinajstić information content (AvgIpc) is 3.69. The molecule has 3 aromatic carbocycles. The van der Waals surface area contributed by atoms with Gasteiger partial charge in [0.1, 0.15) is 0 Å². The number of aromatic amines is 1. The van der Waals surface area contributed by atoms with Crippen LogP contribution in [-0.2, 0) is 35.3 Å². The van der Waals surface area contributed by atoms with E-state index in [0.717, 1.165) is 71.3 Å². The zero-order chi connectivity index (χ0) is 30.5. The Morgan fingerprint density at radius 2 is 1.77 bits per heavy atom. The molecule has 0 saturated carbocycles. The van der Waals surface area contributed by atoms with Gasteiger partial charge in [0.25, 0.3) is 5.56 Å². The minimum Gasteiger partial charge on any atom is -0.466 e. The first kappa shape index (κ1) is 29.3. The van der Waals surface area contributed by atoms with Crippen molar-refractivity contribution in [2.24, 2.45) is 5.92 Å². The predicted octanol–water partition coefficient (Wildman–Crippen LogP) is 5.80. The fourth-order valence-corrected chi connectivity index (χ4v) is 6.61. The number of nitrogens with zero attached hydrogens (tertiary/aromatic N) is 5. The molecule has 0 saturated heterocycles. The molecule has 9 nitrogen and oxygen atoms in total. The lowest BCUT2D eigenvalue weighted by Gasteiger charge is -2.33. The van der Waals surface area contributed by atoms with Crippen LogP contribution >= 0.6 is 0 Å². The Balaban J connectivity index is 1.42. The van der Waals surface area contributed by atoms with Gasteiger partial charge in [-0.15, -0.1) is 5.10 Å². The van der Waals surface area contributed by atoms with E-state index in [4.69, 9.17) is 4.74 Å². The van der Waals surface area contributed by atoms with Crippen LogP contribution in [0.25, 0.3) is 22.5 Å². The quantitative estimate of drug-likeness (QED) is 0.195. The number of benzene rings is 3. The van der Waals surface area contributed by atoms with Crippen molar-refractivity contribution >= 4 is 5.97 Å². The summed E-state index contributed by atoms with van der Waals surface area (Å²) in [5, 5.41) is 14.7. The van der Waals surface area contributed by atoms with Crippen LogP contribution in [0, 0.1) is 5.92 Å². The van der Waals surface area contributed by atoms with E-state index in [1.807, 2.05) is 60.1 Å². The van der Waals surface area contributed by atoms with Crippen LogP contribution in [-0.4, -0.2) is 42.6 Å². The molecule has 226 valence electrons. The van der Waals surface area contributed by atoms with Crippen molar-refractivity contribution in [2.45, 2.75) is 65.0 Å². The van der Waals surface area contributed by atoms with Crippen molar-refractivity contribution in [3.8, 4) is 22.5 Å². The minimum atomic E-state index is -0.456. The SMILES string of the molecule is CCCc1c(Cc2ccc(-c3ccccc3)c(-c3nnn[nH]3)c2)c(=O)n2n1CCCC2C(Cc1ccccc1)C(=O)OCC. The molecule has 0 spiro atoms. The number of tetrazole rings is 1. The van der Waals surface area contributed by atoms with E-state index >= 15 is 0 Å². The number of rotatable bonds is 11. The number of aromatic nitrogens is 6. The third-order valence-electron chi connectivity index (χ3n) is 8.56. The Kier molecular flexibility index (Phi) is 8.81. The maximum Gasteiger partial charge on any atom is 0.311 e. The molecule has 6 rings (SSSR count). The molecule has 0 aliphatic carbocycles. The standard InChI is InChI=1S/C35H38N6O3/c1-3-12-31-29(23-25-18-19-27(26-15-9-6-10-16-26)28(22-25)33-36-38-39-37-33)34(42)41-32(17-11-20-40(31)41)30(35(43)44-4-2)21-24-13-7-5-8-14-24/h5-10,13-16,18-19,22,30,32H,3-4,11-12,17,20-21,23H2,1-2H3,(H,36,37,38,39). The summed E-state index contributed by atoms with van der Waals surface area (Å²) in [6.07, 6.45) is 4.34. The molecule has 0 radical (unpaired) electrons. The van der Waals surface area contributed by atoms with Gasteiger partial charge in [-0.2, -0.15) is 0 Å². The number of fused-ring (bicyclic) bond motifs is 1. The molecule has 0 fully saturated rings. The molecule has 2 aromatic heterocycles. The molecule has 0 bridgehead atoms. The van der Waals surface area contributed by atoms with Gasteiger partial charge in [-0.05, 0) is 71.4 Å². The summed E-state index contributed by atoms with van der Waals surface area (Å²) in [6.45, 7) is 5.03. The predicted molar refractivity (Wildman–Crippen MR) is 169 cm³/mol. The third-order valence-corrected chi connectivity index (χ3v) is 8.56. The van der Waals surface area contributed by atoms with Gasteiger partial charge in [-0.1, -0.05) is 86.1 Å². The van der Waals surface area contributed by atoms with Crippen LogP contribution in [0.5, 0.6) is 0 Å². The van der Waals surface area contributed by atoms with E-state index in [-0.39, 0.29) is 17.6 Å². The van der Waals surface area contributed by atoms with Crippen LogP contribution in [0.3, 0.4) is 0 Å². The summed E-state index contributed by atoms with van der Waals surface area (Å²) < 4.78 is 9.62. The number of H-pyrrole nitrogens is 1. The molecule has 2 unspecified atom stereocenters. The van der Waals surface area contributed by atoms with Gasteiger partial charge in [0.05, 0.1) is 18.6 Å². The molecular weight excluding hydrogens is 552 g/mol. The Bertz CT molecular complexity index is 1760. The smallest absolute Gasteiger partial charge is 0.311 e. The van der Waals surface area contributed by atoms with Crippen molar-refractivity contribution in [3.05, 3.63) is 112 Å². The molecule has 1 aliphatic rings. The number of hydrogen-bond donors (Lipinski definition) is 1. The first-order valence-electron chi connectivity index (χ1n) is 15.5. The zero-order valence-corrected chi connectivity index (χ0v) is 25.3. The second-order valence-corrected chi connectivity index (χ2v) is 11.4. The number of esters is 1. The van der Waals surface area contributed by atoms with Crippen LogP contribution in [0.4, 0.5) is 0 Å². The normalized spacial score (nSPS) is 15.1. The summed E-state index contributed by atoms with van der Waals surface area (Å²) in [7, 11) is 0. The maximum absolute atomic E-state index is 14.4. The second-order valence-electron chi connectivity index (χ2n) is 11.4. The van der Waals surface area contributed by atoms with E-state index < -0.39 is 5.92 Å². The van der Waals surface area contributed by atoms with E-state index in [2.05, 4.69) is 62.6 Å². The third kappa shape index (κ3) is 5.86. The highest BCUT2D eigenvalue weighted by molar-refractivity contribution is 5.81. The topological polar surface area (TPSA) is 108 Å². The number of carbonyl (C=O) groups excluding carboxylic acids is 1. The fraction of sp³-hybridized carbons (Fsp3) is 0.343. The summed E-state index contributed by atoms with van der Waals surface area (Å²) >= 11 is 0. The van der Waals surface area contributed by atoms with Crippen LogP contribution in [0.15, 0.2) is 83.7 Å². The molecular formula is C35H38N6O3. The Morgan fingerprint density at radius 1 is 1.00 bits per heavy atom.